The molecule has 0 radical (unpaired) electrons. The maximum Gasteiger partial charge on any atom is 0.410 e. The minimum atomic E-state index is -0.664. The van der Waals surface area contributed by atoms with Gasteiger partial charge in [-0.25, -0.2) is 4.79 Å². The highest BCUT2D eigenvalue weighted by Gasteiger charge is 2.37. The van der Waals surface area contributed by atoms with Crippen LogP contribution in [-0.4, -0.2) is 43.8 Å². The number of carbonyl (C=O) groups excluding carboxylic acids is 1. The smallest absolute Gasteiger partial charge is 0.410 e. The Hall–Kier alpha value is -3.29. The Balaban J connectivity index is 2.25. The summed E-state index contributed by atoms with van der Waals surface area (Å²) in [6.07, 6.45) is 0.0284. The number of nitro groups is 1. The van der Waals surface area contributed by atoms with Crippen molar-refractivity contribution in [2.24, 2.45) is 0 Å². The molecule has 1 aliphatic heterocycles. The molecular weight excluding hydrogens is 352 g/mol. The van der Waals surface area contributed by atoms with Crippen LogP contribution in [0.3, 0.4) is 0 Å². The molecule has 27 heavy (non-hydrogen) atoms. The first-order chi connectivity index (χ1) is 13.0. The molecule has 0 aliphatic carbocycles. The van der Waals surface area contributed by atoms with Crippen LogP contribution in [0.1, 0.15) is 22.7 Å². The lowest BCUT2D eigenvalue weighted by Gasteiger charge is -2.36. The van der Waals surface area contributed by atoms with Crippen molar-refractivity contribution in [3.63, 3.8) is 0 Å². The van der Waals surface area contributed by atoms with Crippen LogP contribution in [0.5, 0.6) is 11.5 Å². The first-order valence-corrected chi connectivity index (χ1v) is 8.34. The summed E-state index contributed by atoms with van der Waals surface area (Å²) in [7, 11) is 4.36. The van der Waals surface area contributed by atoms with Crippen molar-refractivity contribution in [2.75, 3.05) is 27.9 Å². The number of ether oxygens (including phenoxy) is 3. The van der Waals surface area contributed by atoms with Gasteiger partial charge in [-0.05, 0) is 35.7 Å². The molecule has 8 heteroatoms. The van der Waals surface area contributed by atoms with Crippen LogP contribution >= 0.6 is 0 Å². The second-order valence-electron chi connectivity index (χ2n) is 6.04. The van der Waals surface area contributed by atoms with Gasteiger partial charge in [0.1, 0.15) is 0 Å². The van der Waals surface area contributed by atoms with E-state index in [1.54, 1.807) is 31.4 Å². The van der Waals surface area contributed by atoms with E-state index in [4.69, 9.17) is 14.2 Å². The highest BCUT2D eigenvalue weighted by atomic mass is 16.6. The Labute approximate surface area is 156 Å². The molecule has 3 rings (SSSR count). The number of fused-ring (bicyclic) bond motifs is 1. The zero-order chi connectivity index (χ0) is 19.6. The van der Waals surface area contributed by atoms with Gasteiger partial charge in [0.25, 0.3) is 5.69 Å². The van der Waals surface area contributed by atoms with Crippen LogP contribution in [0.4, 0.5) is 10.5 Å². The molecule has 8 nitrogen and oxygen atoms in total. The average Bonchev–Trinajstić information content (AvgIpc) is 2.71. The number of amides is 1. The van der Waals surface area contributed by atoms with Crippen molar-refractivity contribution >= 4 is 11.8 Å². The first-order valence-electron chi connectivity index (χ1n) is 8.34. The van der Waals surface area contributed by atoms with E-state index >= 15 is 0 Å². The lowest BCUT2D eigenvalue weighted by atomic mass is 9.87. The molecule has 1 unspecified atom stereocenters. The predicted molar refractivity (Wildman–Crippen MR) is 97.3 cm³/mol. The van der Waals surface area contributed by atoms with Gasteiger partial charge in [0.2, 0.25) is 0 Å². The summed E-state index contributed by atoms with van der Waals surface area (Å²) in [5.41, 5.74) is 2.05. The maximum atomic E-state index is 12.4. The normalized spacial score (nSPS) is 15.7. The van der Waals surface area contributed by atoms with Gasteiger partial charge in [-0.15, -0.1) is 0 Å². The number of rotatable bonds is 4. The van der Waals surface area contributed by atoms with E-state index in [-0.39, 0.29) is 5.69 Å². The van der Waals surface area contributed by atoms with E-state index in [1.165, 1.54) is 25.2 Å². The molecule has 0 saturated heterocycles. The summed E-state index contributed by atoms with van der Waals surface area (Å²) in [6.45, 7) is 0.367. The molecule has 0 N–H and O–H groups in total. The summed E-state index contributed by atoms with van der Waals surface area (Å²) in [5.74, 6) is 1.07. The molecule has 1 amide bonds. The Morgan fingerprint density at radius 1 is 1.11 bits per heavy atom. The fraction of sp³-hybridized carbons (Fsp3) is 0.316. The van der Waals surface area contributed by atoms with Crippen LogP contribution < -0.4 is 9.47 Å². The lowest BCUT2D eigenvalue weighted by Crippen LogP contribution is -2.40. The van der Waals surface area contributed by atoms with Gasteiger partial charge in [-0.3, -0.25) is 15.0 Å². The largest absolute Gasteiger partial charge is 0.493 e. The number of nitro benzene ring substituents is 1. The number of hydrogen-bond donors (Lipinski definition) is 0. The zero-order valence-corrected chi connectivity index (χ0v) is 15.3. The SMILES string of the molecule is COC(=O)N1CCc2cc(OC)c(OC)cc2C1c1ccccc1[N+](=O)[O-]. The standard InChI is InChI=1S/C19H20N2O6/c1-25-16-10-12-8-9-20(19(22)27-3)18(14(12)11-17(16)26-2)13-6-4-5-7-15(13)21(23)24/h4-7,10-11,18H,8-9H2,1-3H3. The molecular formula is C19H20N2O6. The molecule has 1 atom stereocenters. The molecule has 0 saturated carbocycles. The first kappa shape index (κ1) is 18.5. The molecule has 1 heterocycles. The van der Waals surface area contributed by atoms with Crippen molar-refractivity contribution in [3.8, 4) is 11.5 Å². The van der Waals surface area contributed by atoms with Crippen molar-refractivity contribution < 1.29 is 23.9 Å². The van der Waals surface area contributed by atoms with E-state index in [9.17, 15) is 14.9 Å². The Morgan fingerprint density at radius 2 is 1.78 bits per heavy atom. The zero-order valence-electron chi connectivity index (χ0n) is 15.3. The number of para-hydroxylation sites is 1. The number of benzene rings is 2. The summed E-state index contributed by atoms with van der Waals surface area (Å²) in [6, 6.07) is 9.36. The third-order valence-corrected chi connectivity index (χ3v) is 4.71. The third kappa shape index (κ3) is 3.25. The van der Waals surface area contributed by atoms with Crippen molar-refractivity contribution in [1.82, 2.24) is 4.90 Å². The minimum Gasteiger partial charge on any atom is -0.493 e. The van der Waals surface area contributed by atoms with Crippen molar-refractivity contribution in [2.45, 2.75) is 12.5 Å². The highest BCUT2D eigenvalue weighted by molar-refractivity contribution is 5.71. The van der Waals surface area contributed by atoms with Gasteiger partial charge in [0, 0.05) is 12.6 Å². The average molecular weight is 372 g/mol. The molecule has 2 aromatic carbocycles. The van der Waals surface area contributed by atoms with E-state index in [1.807, 2.05) is 6.07 Å². The number of nitrogens with zero attached hydrogens (tertiary/aromatic N) is 2. The van der Waals surface area contributed by atoms with Crippen LogP contribution in [-0.2, 0) is 11.2 Å². The Kier molecular flexibility index (Phi) is 5.16. The summed E-state index contributed by atoms with van der Waals surface area (Å²) in [4.78, 5) is 25.0. The van der Waals surface area contributed by atoms with Crippen LogP contribution in [0.25, 0.3) is 0 Å². The molecule has 0 fully saturated rings. The quantitative estimate of drug-likeness (QED) is 0.604. The van der Waals surface area contributed by atoms with E-state index in [0.717, 1.165) is 11.1 Å². The van der Waals surface area contributed by atoms with Crippen molar-refractivity contribution in [3.05, 3.63) is 63.2 Å². The predicted octanol–water partition coefficient (Wildman–Crippen LogP) is 3.33. The highest BCUT2D eigenvalue weighted by Crippen LogP contribution is 2.43. The number of hydrogen-bond acceptors (Lipinski definition) is 6. The molecule has 0 bridgehead atoms. The Bertz CT molecular complexity index is 882. The topological polar surface area (TPSA) is 91.1 Å². The van der Waals surface area contributed by atoms with E-state index in [0.29, 0.717) is 30.0 Å². The number of methoxy groups -OCH3 is 3. The van der Waals surface area contributed by atoms with Gasteiger partial charge in [0.15, 0.2) is 11.5 Å². The molecule has 0 spiro atoms. The fourth-order valence-electron chi connectivity index (χ4n) is 3.48. The molecule has 1 aliphatic rings. The van der Waals surface area contributed by atoms with Gasteiger partial charge < -0.3 is 14.2 Å². The van der Waals surface area contributed by atoms with E-state index in [2.05, 4.69) is 0 Å². The number of carbonyl (C=O) groups is 1. The molecule has 0 aromatic heterocycles. The van der Waals surface area contributed by atoms with Gasteiger partial charge in [-0.2, -0.15) is 0 Å². The van der Waals surface area contributed by atoms with Gasteiger partial charge >= 0.3 is 6.09 Å². The Morgan fingerprint density at radius 3 is 2.41 bits per heavy atom. The molecule has 2 aromatic rings. The van der Waals surface area contributed by atoms with E-state index < -0.39 is 17.1 Å². The second-order valence-corrected chi connectivity index (χ2v) is 6.04. The van der Waals surface area contributed by atoms with Gasteiger partial charge in [-0.1, -0.05) is 12.1 Å². The van der Waals surface area contributed by atoms with Crippen LogP contribution in [0, 0.1) is 10.1 Å². The second kappa shape index (κ2) is 7.53. The monoisotopic (exact) mass is 372 g/mol. The third-order valence-electron chi connectivity index (χ3n) is 4.71. The van der Waals surface area contributed by atoms with Crippen molar-refractivity contribution in [1.29, 1.82) is 0 Å². The molecule has 142 valence electrons. The van der Waals surface area contributed by atoms with Crippen LogP contribution in [0.2, 0.25) is 0 Å². The maximum absolute atomic E-state index is 12.4. The van der Waals surface area contributed by atoms with Gasteiger partial charge in [0.05, 0.1) is 37.9 Å². The van der Waals surface area contributed by atoms with Crippen LogP contribution in [0.15, 0.2) is 36.4 Å². The summed E-state index contributed by atoms with van der Waals surface area (Å²) >= 11 is 0. The minimum absolute atomic E-state index is 0.0564. The summed E-state index contributed by atoms with van der Waals surface area (Å²) < 4.78 is 15.7. The fourth-order valence-corrected chi connectivity index (χ4v) is 3.48. The summed E-state index contributed by atoms with van der Waals surface area (Å²) in [5, 5.41) is 11.6. The lowest BCUT2D eigenvalue weighted by molar-refractivity contribution is -0.385.